The van der Waals surface area contributed by atoms with Gasteiger partial charge in [-0.15, -0.1) is 11.6 Å². The zero-order valence-corrected chi connectivity index (χ0v) is 11.5. The van der Waals surface area contributed by atoms with Gasteiger partial charge in [-0.3, -0.25) is 0 Å². The van der Waals surface area contributed by atoms with E-state index in [1.165, 1.54) is 5.56 Å². The van der Waals surface area contributed by atoms with E-state index in [9.17, 15) is 0 Å². The molecule has 14 heavy (non-hydrogen) atoms. The summed E-state index contributed by atoms with van der Waals surface area (Å²) in [6.07, 6.45) is 1.15. The minimum absolute atomic E-state index is 0.134. The second-order valence-electron chi connectivity index (χ2n) is 3.74. The van der Waals surface area contributed by atoms with Gasteiger partial charge in [0.1, 0.15) is 0 Å². The Labute approximate surface area is 106 Å². The fourth-order valence-corrected chi connectivity index (χ4v) is 3.53. The molecule has 1 aromatic carbocycles. The lowest BCUT2D eigenvalue weighted by atomic mass is 9.96. The summed E-state index contributed by atoms with van der Waals surface area (Å²) in [5.74, 6) is 1.76. The highest BCUT2D eigenvalue weighted by atomic mass is 79.9. The largest absolute Gasteiger partial charge is 0.126 e. The summed E-state index contributed by atoms with van der Waals surface area (Å²) in [5.41, 5.74) is 1.34. The van der Waals surface area contributed by atoms with E-state index in [2.05, 4.69) is 56.1 Å². The van der Waals surface area contributed by atoms with Crippen LogP contribution in [0, 0.1) is 5.92 Å². The van der Waals surface area contributed by atoms with Crippen LogP contribution in [0.2, 0.25) is 0 Å². The van der Waals surface area contributed by atoms with Crippen LogP contribution in [0.15, 0.2) is 30.3 Å². The summed E-state index contributed by atoms with van der Waals surface area (Å²) >= 11 is 13.3. The van der Waals surface area contributed by atoms with Gasteiger partial charge in [0.2, 0.25) is 0 Å². The molecule has 2 unspecified atom stereocenters. The zero-order chi connectivity index (χ0) is 10.2. The van der Waals surface area contributed by atoms with Crippen molar-refractivity contribution >= 4 is 43.5 Å². The topological polar surface area (TPSA) is 0 Å². The third-order valence-electron chi connectivity index (χ3n) is 2.75. The van der Waals surface area contributed by atoms with E-state index in [0.717, 1.165) is 6.42 Å². The summed E-state index contributed by atoms with van der Waals surface area (Å²) in [4.78, 5) is 0. The molecule has 1 fully saturated rings. The monoisotopic (exact) mass is 336 g/mol. The molecule has 0 saturated heterocycles. The van der Waals surface area contributed by atoms with Crippen LogP contribution in [0.25, 0.3) is 0 Å². The summed E-state index contributed by atoms with van der Waals surface area (Å²) < 4.78 is 0.134. The highest BCUT2D eigenvalue weighted by Gasteiger charge is 2.54. The maximum absolute atomic E-state index is 6.02. The Hall–Kier alpha value is 0.470. The Morgan fingerprint density at radius 2 is 1.93 bits per heavy atom. The van der Waals surface area contributed by atoms with Crippen LogP contribution >= 0.6 is 43.5 Å². The van der Waals surface area contributed by atoms with Gasteiger partial charge < -0.3 is 0 Å². The quantitative estimate of drug-likeness (QED) is 0.711. The van der Waals surface area contributed by atoms with E-state index in [4.69, 9.17) is 11.6 Å². The lowest BCUT2D eigenvalue weighted by Crippen LogP contribution is -2.06. The van der Waals surface area contributed by atoms with Crippen LogP contribution in [0.4, 0.5) is 0 Å². The molecule has 0 nitrogen and oxygen atoms in total. The van der Waals surface area contributed by atoms with Gasteiger partial charge in [-0.25, -0.2) is 0 Å². The molecule has 1 aromatic rings. The summed E-state index contributed by atoms with van der Waals surface area (Å²) in [6.45, 7) is 0. The van der Waals surface area contributed by atoms with Gasteiger partial charge >= 0.3 is 0 Å². The average molecular weight is 338 g/mol. The van der Waals surface area contributed by atoms with E-state index in [1.54, 1.807) is 0 Å². The van der Waals surface area contributed by atoms with Gasteiger partial charge in [0.15, 0.2) is 0 Å². The molecule has 0 spiro atoms. The van der Waals surface area contributed by atoms with Crippen molar-refractivity contribution in [1.82, 2.24) is 0 Å². The van der Waals surface area contributed by atoms with E-state index >= 15 is 0 Å². The van der Waals surface area contributed by atoms with Crippen molar-refractivity contribution in [2.45, 2.75) is 15.6 Å². The molecule has 0 amide bonds. The second kappa shape index (κ2) is 4.15. The number of benzene rings is 1. The predicted molar refractivity (Wildman–Crippen MR) is 68.6 cm³/mol. The molecule has 1 aliphatic rings. The van der Waals surface area contributed by atoms with E-state index in [1.807, 2.05) is 6.07 Å². The standard InChI is InChI=1S/C11H11Br2Cl/c12-11(13)6-10(11)9(7-14)8-4-2-1-3-5-8/h1-5,9-10H,6-7H2. The number of halogens is 3. The summed E-state index contributed by atoms with van der Waals surface area (Å²) in [5, 5.41) is 0. The van der Waals surface area contributed by atoms with Crippen LogP contribution in [0.5, 0.6) is 0 Å². The smallest absolute Gasteiger partial charge is 0.0844 e. The molecule has 2 rings (SSSR count). The van der Waals surface area contributed by atoms with Crippen LogP contribution in [-0.4, -0.2) is 9.11 Å². The first-order valence-electron chi connectivity index (χ1n) is 4.64. The molecule has 0 radical (unpaired) electrons. The Morgan fingerprint density at radius 1 is 1.36 bits per heavy atom. The third kappa shape index (κ3) is 2.17. The molecule has 2 atom stereocenters. The van der Waals surface area contributed by atoms with Gasteiger partial charge in [0, 0.05) is 11.8 Å². The first-order valence-corrected chi connectivity index (χ1v) is 6.76. The van der Waals surface area contributed by atoms with E-state index in [0.29, 0.717) is 17.7 Å². The van der Waals surface area contributed by atoms with Crippen molar-refractivity contribution in [3.05, 3.63) is 35.9 Å². The Kier molecular flexibility index (Phi) is 3.25. The minimum Gasteiger partial charge on any atom is -0.126 e. The predicted octanol–water partition coefficient (Wildman–Crippen LogP) is 4.52. The summed E-state index contributed by atoms with van der Waals surface area (Å²) in [7, 11) is 0. The first kappa shape index (κ1) is 11.0. The lowest BCUT2D eigenvalue weighted by molar-refractivity contribution is 0.670. The number of hydrogen-bond donors (Lipinski definition) is 0. The van der Waals surface area contributed by atoms with Crippen molar-refractivity contribution in [3.63, 3.8) is 0 Å². The number of rotatable bonds is 3. The molecule has 1 aliphatic carbocycles. The molecule has 0 heterocycles. The van der Waals surface area contributed by atoms with Gasteiger partial charge in [-0.05, 0) is 17.9 Å². The van der Waals surface area contributed by atoms with Crippen molar-refractivity contribution in [2.24, 2.45) is 5.92 Å². The van der Waals surface area contributed by atoms with E-state index in [-0.39, 0.29) is 3.23 Å². The fourth-order valence-electron chi connectivity index (χ4n) is 1.80. The van der Waals surface area contributed by atoms with Crippen LogP contribution in [0.1, 0.15) is 17.9 Å². The van der Waals surface area contributed by atoms with Crippen molar-refractivity contribution < 1.29 is 0 Å². The molecule has 0 N–H and O–H groups in total. The first-order chi connectivity index (χ1) is 6.65. The zero-order valence-electron chi connectivity index (χ0n) is 7.59. The molecule has 0 aromatic heterocycles. The molecule has 76 valence electrons. The third-order valence-corrected chi connectivity index (χ3v) is 4.91. The Balaban J connectivity index is 2.16. The molecule has 0 bridgehead atoms. The van der Waals surface area contributed by atoms with Crippen LogP contribution < -0.4 is 0 Å². The minimum atomic E-state index is 0.134. The van der Waals surface area contributed by atoms with Gasteiger partial charge in [-0.2, -0.15) is 0 Å². The molecular weight excluding hydrogens is 327 g/mol. The lowest BCUT2D eigenvalue weighted by Gasteiger charge is -2.14. The maximum Gasteiger partial charge on any atom is 0.0844 e. The van der Waals surface area contributed by atoms with Gasteiger partial charge in [0.05, 0.1) is 3.23 Å². The average Bonchev–Trinajstić information content (AvgIpc) is 2.78. The number of hydrogen-bond acceptors (Lipinski definition) is 0. The Morgan fingerprint density at radius 3 is 2.36 bits per heavy atom. The van der Waals surface area contributed by atoms with Crippen LogP contribution in [0.3, 0.4) is 0 Å². The van der Waals surface area contributed by atoms with Crippen molar-refractivity contribution in [3.8, 4) is 0 Å². The summed E-state index contributed by atoms with van der Waals surface area (Å²) in [6, 6.07) is 10.5. The number of alkyl halides is 3. The molecule has 0 aliphatic heterocycles. The second-order valence-corrected chi connectivity index (χ2v) is 7.95. The molecule has 3 heteroatoms. The van der Waals surface area contributed by atoms with Gasteiger partial charge in [-0.1, -0.05) is 62.2 Å². The van der Waals surface area contributed by atoms with Crippen LogP contribution in [-0.2, 0) is 0 Å². The Bertz CT molecular complexity index is 310. The van der Waals surface area contributed by atoms with Crippen molar-refractivity contribution in [2.75, 3.05) is 5.88 Å². The van der Waals surface area contributed by atoms with E-state index < -0.39 is 0 Å². The highest BCUT2D eigenvalue weighted by molar-refractivity contribution is 9.25. The normalized spacial score (nSPS) is 25.8. The SMILES string of the molecule is ClCC(c1ccccc1)C1CC1(Br)Br. The van der Waals surface area contributed by atoms with Crippen molar-refractivity contribution in [1.29, 1.82) is 0 Å². The molecular formula is C11H11Br2Cl. The maximum atomic E-state index is 6.02. The van der Waals surface area contributed by atoms with Gasteiger partial charge in [0.25, 0.3) is 0 Å². The fraction of sp³-hybridized carbons (Fsp3) is 0.455. The highest BCUT2D eigenvalue weighted by Crippen LogP contribution is 2.62. The molecule has 1 saturated carbocycles.